The number of hydrogen-bond acceptors (Lipinski definition) is 3. The highest BCUT2D eigenvalue weighted by Gasteiger charge is 2.24. The van der Waals surface area contributed by atoms with Gasteiger partial charge in [-0.25, -0.2) is 0 Å². The molecule has 0 aliphatic heterocycles. The normalized spacial score (nSPS) is 14.1. The number of benzene rings is 1. The van der Waals surface area contributed by atoms with Crippen LogP contribution in [0.3, 0.4) is 0 Å². The highest BCUT2D eigenvalue weighted by Crippen LogP contribution is 2.23. The molecule has 3 N–H and O–H groups in total. The van der Waals surface area contributed by atoms with E-state index in [4.69, 9.17) is 5.11 Å². The van der Waals surface area contributed by atoms with Crippen LogP contribution in [0.2, 0.25) is 0 Å². The Balaban J connectivity index is 2.78. The molecule has 4 nitrogen and oxygen atoms in total. The van der Waals surface area contributed by atoms with Gasteiger partial charge in [0.1, 0.15) is 0 Å². The second-order valence-electron chi connectivity index (χ2n) is 5.19. The molecule has 0 fully saturated rings. The Kier molecular flexibility index (Phi) is 4.35. The molecular weight excluding hydrogens is 230 g/mol. The Hall–Kier alpha value is -1.55. The lowest BCUT2D eigenvalue weighted by molar-refractivity contribution is -0.141. The highest BCUT2D eigenvalue weighted by molar-refractivity contribution is 5.68. The molecule has 18 heavy (non-hydrogen) atoms. The van der Waals surface area contributed by atoms with Crippen molar-refractivity contribution in [2.24, 2.45) is 0 Å². The average molecular weight is 251 g/mol. The van der Waals surface area contributed by atoms with Gasteiger partial charge >= 0.3 is 5.97 Å². The van der Waals surface area contributed by atoms with E-state index in [1.54, 1.807) is 0 Å². The number of carboxylic acid groups (broad SMARTS) is 1. The minimum absolute atomic E-state index is 0.212. The molecule has 1 unspecified atom stereocenters. The summed E-state index contributed by atoms with van der Waals surface area (Å²) in [6.07, 6.45) is -0.274. The van der Waals surface area contributed by atoms with E-state index in [1.165, 1.54) is 12.5 Å². The zero-order valence-corrected chi connectivity index (χ0v) is 11.4. The van der Waals surface area contributed by atoms with Gasteiger partial charge in [-0.3, -0.25) is 4.79 Å². The van der Waals surface area contributed by atoms with Crippen molar-refractivity contribution in [1.82, 2.24) is 0 Å². The van der Waals surface area contributed by atoms with Gasteiger partial charge in [-0.15, -0.1) is 0 Å². The molecule has 0 amide bonds. The van der Waals surface area contributed by atoms with E-state index in [1.807, 2.05) is 20.8 Å². The number of carbonyl (C=O) groups is 1. The molecule has 0 spiro atoms. The summed E-state index contributed by atoms with van der Waals surface area (Å²) < 4.78 is 0. The summed E-state index contributed by atoms with van der Waals surface area (Å²) in [7, 11) is 0. The summed E-state index contributed by atoms with van der Waals surface area (Å²) in [5, 5.41) is 21.8. The molecule has 0 aliphatic carbocycles. The predicted molar refractivity (Wildman–Crippen MR) is 72.0 cm³/mol. The number of aliphatic carboxylic acids is 1. The molecule has 0 aliphatic rings. The Labute approximate surface area is 108 Å². The standard InChI is InChI=1S/C14H21NO3/c1-9-5-10(2)13(11(3)6-9)15-8-14(4,18)7-12(16)17/h5-6,15,18H,7-8H2,1-4H3,(H,16,17). The third kappa shape index (κ3) is 4.04. The van der Waals surface area contributed by atoms with Gasteiger partial charge in [-0.1, -0.05) is 17.7 Å². The second-order valence-corrected chi connectivity index (χ2v) is 5.19. The third-order valence-corrected chi connectivity index (χ3v) is 2.86. The molecule has 1 atom stereocenters. The SMILES string of the molecule is Cc1cc(C)c(NCC(C)(O)CC(=O)O)c(C)c1. The summed E-state index contributed by atoms with van der Waals surface area (Å²) in [5.41, 5.74) is 3.09. The highest BCUT2D eigenvalue weighted by atomic mass is 16.4. The summed E-state index contributed by atoms with van der Waals surface area (Å²) >= 11 is 0. The van der Waals surface area contributed by atoms with Crippen LogP contribution in [0.25, 0.3) is 0 Å². The molecule has 4 heteroatoms. The fourth-order valence-electron chi connectivity index (χ4n) is 2.13. The first-order valence-electron chi connectivity index (χ1n) is 5.97. The van der Waals surface area contributed by atoms with E-state index in [-0.39, 0.29) is 13.0 Å². The maximum absolute atomic E-state index is 10.6. The summed E-state index contributed by atoms with van der Waals surface area (Å²) in [5.74, 6) is -1.00. The smallest absolute Gasteiger partial charge is 0.306 e. The molecular formula is C14H21NO3. The molecule has 100 valence electrons. The van der Waals surface area contributed by atoms with E-state index in [9.17, 15) is 9.90 Å². The molecule has 0 saturated carbocycles. The molecule has 1 aromatic rings. The van der Waals surface area contributed by atoms with Crippen LogP contribution in [0.5, 0.6) is 0 Å². The monoisotopic (exact) mass is 251 g/mol. The van der Waals surface area contributed by atoms with Crippen LogP contribution < -0.4 is 5.32 Å². The molecule has 0 saturated heterocycles. The Morgan fingerprint density at radius 1 is 1.28 bits per heavy atom. The lowest BCUT2D eigenvalue weighted by Gasteiger charge is -2.24. The van der Waals surface area contributed by atoms with Crippen LogP contribution in [0, 0.1) is 20.8 Å². The average Bonchev–Trinajstić information content (AvgIpc) is 2.12. The zero-order chi connectivity index (χ0) is 13.9. The molecule has 1 aromatic carbocycles. The van der Waals surface area contributed by atoms with Gasteiger partial charge in [-0.05, 0) is 38.8 Å². The fourth-order valence-corrected chi connectivity index (χ4v) is 2.13. The zero-order valence-electron chi connectivity index (χ0n) is 11.4. The minimum atomic E-state index is -1.25. The largest absolute Gasteiger partial charge is 0.481 e. The maximum atomic E-state index is 10.6. The van der Waals surface area contributed by atoms with E-state index in [0.717, 1.165) is 16.8 Å². The van der Waals surface area contributed by atoms with Gasteiger partial charge in [-0.2, -0.15) is 0 Å². The van der Waals surface area contributed by atoms with Crippen molar-refractivity contribution in [1.29, 1.82) is 0 Å². The van der Waals surface area contributed by atoms with Gasteiger partial charge in [0.15, 0.2) is 0 Å². The van der Waals surface area contributed by atoms with E-state index >= 15 is 0 Å². The van der Waals surface area contributed by atoms with Crippen LogP contribution >= 0.6 is 0 Å². The number of aliphatic hydroxyl groups is 1. The van der Waals surface area contributed by atoms with Crippen molar-refractivity contribution in [2.45, 2.75) is 39.7 Å². The van der Waals surface area contributed by atoms with Crippen molar-refractivity contribution < 1.29 is 15.0 Å². The summed E-state index contributed by atoms with van der Waals surface area (Å²) in [6, 6.07) is 4.11. The lowest BCUT2D eigenvalue weighted by Crippen LogP contribution is -2.36. The fraction of sp³-hybridized carbons (Fsp3) is 0.500. The second kappa shape index (κ2) is 5.40. The molecule has 0 radical (unpaired) electrons. The first-order chi connectivity index (χ1) is 8.21. The van der Waals surface area contributed by atoms with Gasteiger partial charge in [0.05, 0.1) is 12.0 Å². The maximum Gasteiger partial charge on any atom is 0.306 e. The van der Waals surface area contributed by atoms with Crippen LogP contribution in [0.15, 0.2) is 12.1 Å². The summed E-state index contributed by atoms with van der Waals surface area (Å²) in [4.78, 5) is 10.6. The number of hydrogen-bond donors (Lipinski definition) is 3. The number of carboxylic acids is 1. The summed E-state index contributed by atoms with van der Waals surface area (Å²) in [6.45, 7) is 7.75. The predicted octanol–water partition coefficient (Wildman–Crippen LogP) is 2.25. The Morgan fingerprint density at radius 3 is 2.22 bits per heavy atom. The van der Waals surface area contributed by atoms with Crippen LogP contribution in [0.1, 0.15) is 30.0 Å². The molecule has 1 rings (SSSR count). The number of anilines is 1. The van der Waals surface area contributed by atoms with Gasteiger partial charge < -0.3 is 15.5 Å². The van der Waals surface area contributed by atoms with Crippen molar-refractivity contribution in [3.8, 4) is 0 Å². The van der Waals surface area contributed by atoms with Crippen molar-refractivity contribution in [3.63, 3.8) is 0 Å². The van der Waals surface area contributed by atoms with Crippen molar-refractivity contribution >= 4 is 11.7 Å². The number of rotatable bonds is 5. The van der Waals surface area contributed by atoms with Gasteiger partial charge in [0.2, 0.25) is 0 Å². The van der Waals surface area contributed by atoms with Crippen LogP contribution in [0.4, 0.5) is 5.69 Å². The Morgan fingerprint density at radius 2 is 1.78 bits per heavy atom. The first kappa shape index (κ1) is 14.5. The van der Waals surface area contributed by atoms with Gasteiger partial charge in [0.25, 0.3) is 0 Å². The van der Waals surface area contributed by atoms with Crippen molar-refractivity contribution in [3.05, 3.63) is 28.8 Å². The van der Waals surface area contributed by atoms with Crippen LogP contribution in [-0.2, 0) is 4.79 Å². The number of nitrogens with one attached hydrogen (secondary N) is 1. The van der Waals surface area contributed by atoms with Gasteiger partial charge in [0, 0.05) is 12.2 Å². The topological polar surface area (TPSA) is 69.6 Å². The number of aryl methyl sites for hydroxylation is 3. The Bertz CT molecular complexity index is 429. The lowest BCUT2D eigenvalue weighted by atomic mass is 10.0. The van der Waals surface area contributed by atoms with Crippen molar-refractivity contribution in [2.75, 3.05) is 11.9 Å². The quantitative estimate of drug-likeness (QED) is 0.750. The third-order valence-electron chi connectivity index (χ3n) is 2.86. The minimum Gasteiger partial charge on any atom is -0.481 e. The van der Waals surface area contributed by atoms with Crippen LogP contribution in [-0.4, -0.2) is 28.3 Å². The molecule has 0 heterocycles. The van der Waals surface area contributed by atoms with E-state index < -0.39 is 11.6 Å². The van der Waals surface area contributed by atoms with E-state index in [0.29, 0.717) is 0 Å². The molecule has 0 aromatic heterocycles. The molecule has 0 bridgehead atoms. The first-order valence-corrected chi connectivity index (χ1v) is 5.97. The van der Waals surface area contributed by atoms with E-state index in [2.05, 4.69) is 17.4 Å².